The van der Waals surface area contributed by atoms with Crippen LogP contribution in [-0.4, -0.2) is 12.1 Å². The topological polar surface area (TPSA) is 34.1 Å². The largest absolute Gasteiger partial charge is 0.303 e. The van der Waals surface area contributed by atoms with Crippen LogP contribution >= 0.6 is 0 Å². The van der Waals surface area contributed by atoms with E-state index in [1.165, 1.54) is 0 Å². The monoisotopic (exact) mass is 156 g/mol. The molecule has 0 saturated carbocycles. The molecular formula is C9H16O2. The molecule has 0 amide bonds. The van der Waals surface area contributed by atoms with E-state index in [2.05, 4.69) is 0 Å². The summed E-state index contributed by atoms with van der Waals surface area (Å²) in [5.41, 5.74) is 0. The van der Waals surface area contributed by atoms with Crippen molar-refractivity contribution in [2.45, 2.75) is 39.5 Å². The molecule has 1 unspecified atom stereocenters. The number of carbonyl (C=O) groups excluding carboxylic acids is 2. The number of Topliss-reactive ketones (excluding diaryl/α,β-unsaturated/α-hetero) is 1. The van der Waals surface area contributed by atoms with Crippen LogP contribution in [0.25, 0.3) is 0 Å². The summed E-state index contributed by atoms with van der Waals surface area (Å²) in [5.74, 6) is 0.405. The van der Waals surface area contributed by atoms with Crippen molar-refractivity contribution in [2.24, 2.45) is 5.92 Å². The van der Waals surface area contributed by atoms with Crippen molar-refractivity contribution in [3.8, 4) is 0 Å². The van der Waals surface area contributed by atoms with E-state index in [1.54, 1.807) is 0 Å². The number of rotatable bonds is 6. The fourth-order valence-electron chi connectivity index (χ4n) is 0.866. The Morgan fingerprint density at radius 1 is 1.55 bits per heavy atom. The molecule has 2 heteroatoms. The van der Waals surface area contributed by atoms with Crippen molar-refractivity contribution in [2.75, 3.05) is 0 Å². The van der Waals surface area contributed by atoms with Crippen LogP contribution in [0.15, 0.2) is 0 Å². The predicted molar refractivity (Wildman–Crippen MR) is 44.4 cm³/mol. The van der Waals surface area contributed by atoms with Crippen LogP contribution in [0.1, 0.15) is 39.5 Å². The number of aldehydes is 1. The summed E-state index contributed by atoms with van der Waals surface area (Å²) in [6.45, 7) is 3.74. The molecule has 0 aliphatic heterocycles. The molecule has 0 saturated heterocycles. The van der Waals surface area contributed by atoms with Gasteiger partial charge in [-0.05, 0) is 12.8 Å². The van der Waals surface area contributed by atoms with Gasteiger partial charge in [0, 0.05) is 18.8 Å². The van der Waals surface area contributed by atoms with Gasteiger partial charge in [0.1, 0.15) is 12.1 Å². The minimum atomic E-state index is 0.111. The highest BCUT2D eigenvalue weighted by atomic mass is 16.1. The third-order valence-electron chi connectivity index (χ3n) is 1.74. The van der Waals surface area contributed by atoms with Gasteiger partial charge < -0.3 is 4.79 Å². The molecule has 64 valence electrons. The third-order valence-corrected chi connectivity index (χ3v) is 1.74. The maximum Gasteiger partial charge on any atom is 0.132 e. The quantitative estimate of drug-likeness (QED) is 0.551. The lowest BCUT2D eigenvalue weighted by Crippen LogP contribution is -1.99. The summed E-state index contributed by atoms with van der Waals surface area (Å²) in [6.07, 6.45) is 3.89. The minimum absolute atomic E-state index is 0.111. The highest BCUT2D eigenvalue weighted by molar-refractivity contribution is 5.77. The molecule has 0 aliphatic carbocycles. The number of carbonyl (C=O) groups is 2. The summed E-state index contributed by atoms with van der Waals surface area (Å²) in [4.78, 5) is 21.0. The van der Waals surface area contributed by atoms with E-state index in [4.69, 9.17) is 0 Å². The molecule has 0 aromatic rings. The zero-order chi connectivity index (χ0) is 8.69. The summed E-state index contributed by atoms with van der Waals surface area (Å²) in [6, 6.07) is 0. The van der Waals surface area contributed by atoms with E-state index in [9.17, 15) is 9.59 Å². The van der Waals surface area contributed by atoms with Crippen LogP contribution in [0, 0.1) is 5.92 Å². The van der Waals surface area contributed by atoms with Crippen molar-refractivity contribution in [1.82, 2.24) is 0 Å². The van der Waals surface area contributed by atoms with Gasteiger partial charge in [-0.2, -0.15) is 0 Å². The van der Waals surface area contributed by atoms with Crippen LogP contribution in [0.5, 0.6) is 0 Å². The van der Waals surface area contributed by atoms with Gasteiger partial charge in [0.2, 0.25) is 0 Å². The normalized spacial score (nSPS) is 12.5. The first-order valence-corrected chi connectivity index (χ1v) is 4.17. The van der Waals surface area contributed by atoms with Crippen molar-refractivity contribution >= 4 is 12.1 Å². The fourth-order valence-corrected chi connectivity index (χ4v) is 0.866. The number of hydrogen-bond donors (Lipinski definition) is 0. The van der Waals surface area contributed by atoms with E-state index < -0.39 is 0 Å². The molecule has 0 bridgehead atoms. The Labute approximate surface area is 68.0 Å². The smallest absolute Gasteiger partial charge is 0.132 e. The van der Waals surface area contributed by atoms with Gasteiger partial charge in [-0.25, -0.2) is 0 Å². The van der Waals surface area contributed by atoms with Crippen LogP contribution in [0.3, 0.4) is 0 Å². The first-order valence-electron chi connectivity index (χ1n) is 4.17. The van der Waals surface area contributed by atoms with E-state index in [0.717, 1.165) is 19.1 Å². The molecule has 0 N–H and O–H groups in total. The van der Waals surface area contributed by atoms with E-state index in [0.29, 0.717) is 18.6 Å². The van der Waals surface area contributed by atoms with Crippen LogP contribution in [-0.2, 0) is 9.59 Å². The molecule has 1 atom stereocenters. The standard InChI is InChI=1S/C9H16O2/c1-3-9(11)6-4-5-8(2)7-10/h7-8H,3-6H2,1-2H3. The van der Waals surface area contributed by atoms with E-state index in [-0.39, 0.29) is 5.92 Å². The van der Waals surface area contributed by atoms with Gasteiger partial charge in [0.05, 0.1) is 0 Å². The van der Waals surface area contributed by atoms with Gasteiger partial charge in [-0.15, -0.1) is 0 Å². The number of hydrogen-bond acceptors (Lipinski definition) is 2. The molecule has 0 spiro atoms. The second-order valence-corrected chi connectivity index (χ2v) is 2.90. The summed E-state index contributed by atoms with van der Waals surface area (Å²) in [5, 5.41) is 0. The summed E-state index contributed by atoms with van der Waals surface area (Å²) >= 11 is 0. The van der Waals surface area contributed by atoms with E-state index >= 15 is 0 Å². The van der Waals surface area contributed by atoms with Crippen molar-refractivity contribution in [3.05, 3.63) is 0 Å². The lowest BCUT2D eigenvalue weighted by Gasteiger charge is -2.00. The molecule has 0 aromatic heterocycles. The molecule has 0 aromatic carbocycles. The minimum Gasteiger partial charge on any atom is -0.303 e. The average molecular weight is 156 g/mol. The Hall–Kier alpha value is -0.660. The van der Waals surface area contributed by atoms with Crippen LogP contribution < -0.4 is 0 Å². The predicted octanol–water partition coefficient (Wildman–Crippen LogP) is 1.97. The van der Waals surface area contributed by atoms with Crippen molar-refractivity contribution < 1.29 is 9.59 Å². The molecule has 2 nitrogen and oxygen atoms in total. The lowest BCUT2D eigenvalue weighted by molar-refractivity contribution is -0.119. The Morgan fingerprint density at radius 3 is 2.64 bits per heavy atom. The SMILES string of the molecule is CCC(=O)CCCC(C)C=O. The number of ketones is 1. The van der Waals surface area contributed by atoms with Gasteiger partial charge in [-0.3, -0.25) is 4.79 Å². The molecule has 11 heavy (non-hydrogen) atoms. The summed E-state index contributed by atoms with van der Waals surface area (Å²) in [7, 11) is 0. The second kappa shape index (κ2) is 6.08. The van der Waals surface area contributed by atoms with Crippen LogP contribution in [0.2, 0.25) is 0 Å². The van der Waals surface area contributed by atoms with Crippen LogP contribution in [0.4, 0.5) is 0 Å². The molecular weight excluding hydrogens is 140 g/mol. The van der Waals surface area contributed by atoms with Gasteiger partial charge in [0.25, 0.3) is 0 Å². The van der Waals surface area contributed by atoms with Gasteiger partial charge >= 0.3 is 0 Å². The Bertz CT molecular complexity index is 130. The Balaban J connectivity index is 3.26. The van der Waals surface area contributed by atoms with Crippen molar-refractivity contribution in [3.63, 3.8) is 0 Å². The zero-order valence-electron chi connectivity index (χ0n) is 7.30. The maximum absolute atomic E-state index is 10.8. The summed E-state index contributed by atoms with van der Waals surface area (Å²) < 4.78 is 0. The van der Waals surface area contributed by atoms with E-state index in [1.807, 2.05) is 13.8 Å². The first kappa shape index (κ1) is 10.3. The zero-order valence-corrected chi connectivity index (χ0v) is 7.30. The lowest BCUT2D eigenvalue weighted by atomic mass is 10.0. The van der Waals surface area contributed by atoms with Crippen molar-refractivity contribution in [1.29, 1.82) is 0 Å². The molecule has 0 aliphatic rings. The second-order valence-electron chi connectivity index (χ2n) is 2.90. The third kappa shape index (κ3) is 5.77. The van der Waals surface area contributed by atoms with Gasteiger partial charge in [-0.1, -0.05) is 13.8 Å². The molecule has 0 heterocycles. The Morgan fingerprint density at radius 2 is 2.18 bits per heavy atom. The molecule has 0 rings (SSSR count). The van der Waals surface area contributed by atoms with Gasteiger partial charge in [0.15, 0.2) is 0 Å². The molecule has 0 fully saturated rings. The Kier molecular flexibility index (Phi) is 5.71. The first-order chi connectivity index (χ1) is 5.20. The highest BCUT2D eigenvalue weighted by Gasteiger charge is 2.01. The molecule has 0 radical (unpaired) electrons. The highest BCUT2D eigenvalue weighted by Crippen LogP contribution is 2.05. The maximum atomic E-state index is 10.8. The fraction of sp³-hybridized carbons (Fsp3) is 0.778. The average Bonchev–Trinajstić information content (AvgIpc) is 2.04.